The van der Waals surface area contributed by atoms with Crippen molar-refractivity contribution in [2.24, 2.45) is 0 Å². The van der Waals surface area contributed by atoms with Crippen LogP contribution in [0, 0.1) is 0 Å². The Morgan fingerprint density at radius 1 is 1.55 bits per heavy atom. The van der Waals surface area contributed by atoms with Gasteiger partial charge in [-0.3, -0.25) is 4.57 Å². The Kier molecular flexibility index (Phi) is 5.11. The van der Waals surface area contributed by atoms with E-state index >= 15 is 0 Å². The van der Waals surface area contributed by atoms with Crippen LogP contribution < -0.4 is 11.4 Å². The Balaban J connectivity index is 0.00000200. The molecule has 0 amide bonds. The zero-order valence-corrected chi connectivity index (χ0v) is 10.6. The number of nitrogens with zero attached hydrogens (tertiary/aromatic N) is 2. The van der Waals surface area contributed by atoms with E-state index in [1.807, 2.05) is 0 Å². The van der Waals surface area contributed by atoms with Crippen LogP contribution in [-0.2, 0) is 4.74 Å². The van der Waals surface area contributed by atoms with Crippen LogP contribution in [0.1, 0.15) is 13.7 Å². The van der Waals surface area contributed by atoms with Crippen LogP contribution in [0.15, 0.2) is 17.1 Å². The number of nitrogens with two attached hydrogens (primary N) is 1. The Bertz CT molecular complexity index is 519. The lowest BCUT2D eigenvalue weighted by Gasteiger charge is -2.27. The normalized spacial score (nSPS) is 32.9. The van der Waals surface area contributed by atoms with Gasteiger partial charge in [-0.2, -0.15) is 4.98 Å². The Morgan fingerprint density at radius 3 is 2.65 bits per heavy atom. The van der Waals surface area contributed by atoms with Gasteiger partial charge in [-0.1, -0.05) is 7.43 Å². The molecule has 20 heavy (non-hydrogen) atoms. The van der Waals surface area contributed by atoms with Crippen LogP contribution >= 0.6 is 11.6 Å². The Hall–Kier alpha value is -1.19. The number of halogens is 1. The molecule has 0 aliphatic carbocycles. The molecule has 0 saturated carbocycles. The average Bonchev–Trinajstić information content (AvgIpc) is 2.64. The van der Waals surface area contributed by atoms with Crippen LogP contribution in [0.3, 0.4) is 0 Å². The number of rotatable bonds is 3. The van der Waals surface area contributed by atoms with Crippen LogP contribution in [0.5, 0.6) is 0 Å². The molecule has 2 rings (SSSR count). The van der Waals surface area contributed by atoms with Crippen molar-refractivity contribution in [2.45, 2.75) is 31.5 Å². The predicted molar refractivity (Wildman–Crippen MR) is 72.3 cm³/mol. The predicted octanol–water partition coefficient (Wildman–Crippen LogP) is -1.32. The molecule has 0 radical (unpaired) electrons. The van der Waals surface area contributed by atoms with Crippen molar-refractivity contribution >= 4 is 17.4 Å². The third-order valence-electron chi connectivity index (χ3n) is 3.13. The van der Waals surface area contributed by atoms with Crippen molar-refractivity contribution in [3.63, 3.8) is 0 Å². The summed E-state index contributed by atoms with van der Waals surface area (Å²) in [7, 11) is 0. The maximum absolute atomic E-state index is 11.7. The molecule has 1 saturated heterocycles. The molecule has 114 valence electrons. The highest BCUT2D eigenvalue weighted by Crippen LogP contribution is 2.37. The Morgan fingerprint density at radius 2 is 2.20 bits per heavy atom. The van der Waals surface area contributed by atoms with Gasteiger partial charge in [0.25, 0.3) is 0 Å². The summed E-state index contributed by atoms with van der Waals surface area (Å²) in [6.07, 6.45) is -2.76. The average molecular weight is 308 g/mol. The van der Waals surface area contributed by atoms with E-state index in [1.54, 1.807) is 0 Å². The van der Waals surface area contributed by atoms with E-state index in [4.69, 9.17) is 22.1 Å². The first kappa shape index (κ1) is 16.9. The number of hydrogen-bond acceptors (Lipinski definition) is 7. The number of ether oxygens (including phenoxy) is 1. The SMILES string of the molecule is C.Nc1ccn([C@@H]2O[C@@](CO)(CCl)[C@@H](O)[C@H]2O)c(=O)n1. The summed E-state index contributed by atoms with van der Waals surface area (Å²) in [5, 5.41) is 29.1. The first-order valence-electron chi connectivity index (χ1n) is 5.50. The largest absolute Gasteiger partial charge is 0.393 e. The van der Waals surface area contributed by atoms with Gasteiger partial charge in [0.1, 0.15) is 23.6 Å². The fourth-order valence-electron chi connectivity index (χ4n) is 1.97. The molecule has 4 atom stereocenters. The fraction of sp³-hybridized carbons (Fsp3) is 0.636. The van der Waals surface area contributed by atoms with E-state index in [0.29, 0.717) is 0 Å². The minimum atomic E-state index is -1.52. The number of aliphatic hydroxyl groups excluding tert-OH is 3. The summed E-state index contributed by atoms with van der Waals surface area (Å²) >= 11 is 5.66. The van der Waals surface area contributed by atoms with Crippen molar-refractivity contribution in [1.29, 1.82) is 0 Å². The van der Waals surface area contributed by atoms with E-state index in [2.05, 4.69) is 4.98 Å². The van der Waals surface area contributed by atoms with Crippen molar-refractivity contribution in [1.82, 2.24) is 9.55 Å². The van der Waals surface area contributed by atoms with Crippen molar-refractivity contribution in [2.75, 3.05) is 18.2 Å². The molecule has 1 aromatic rings. The smallest absolute Gasteiger partial charge is 0.351 e. The van der Waals surface area contributed by atoms with Crippen LogP contribution in [0.2, 0.25) is 0 Å². The lowest BCUT2D eigenvalue weighted by molar-refractivity contribution is -0.115. The molecular weight excluding hydrogens is 290 g/mol. The first-order valence-corrected chi connectivity index (χ1v) is 6.04. The summed E-state index contributed by atoms with van der Waals surface area (Å²) in [5.41, 5.74) is 3.10. The molecule has 1 fully saturated rings. The lowest BCUT2D eigenvalue weighted by Crippen LogP contribution is -2.47. The second-order valence-corrected chi connectivity index (χ2v) is 4.61. The van der Waals surface area contributed by atoms with Gasteiger partial charge in [0.2, 0.25) is 0 Å². The van der Waals surface area contributed by atoms with Gasteiger partial charge in [0.15, 0.2) is 6.23 Å². The molecule has 9 heteroatoms. The monoisotopic (exact) mass is 307 g/mol. The molecule has 2 heterocycles. The van der Waals surface area contributed by atoms with E-state index in [9.17, 15) is 20.1 Å². The van der Waals surface area contributed by atoms with E-state index < -0.39 is 36.3 Å². The van der Waals surface area contributed by atoms with Crippen molar-refractivity contribution in [3.8, 4) is 0 Å². The molecule has 0 aromatic carbocycles. The molecular formula is C11H18ClN3O5. The molecule has 5 N–H and O–H groups in total. The highest BCUT2D eigenvalue weighted by atomic mass is 35.5. The van der Waals surface area contributed by atoms with E-state index in [1.165, 1.54) is 12.3 Å². The summed E-state index contributed by atoms with van der Waals surface area (Å²) < 4.78 is 6.36. The molecule has 0 bridgehead atoms. The van der Waals surface area contributed by atoms with Gasteiger partial charge >= 0.3 is 5.69 Å². The maximum atomic E-state index is 11.7. The summed E-state index contributed by atoms with van der Waals surface area (Å²) in [4.78, 5) is 15.2. The number of alkyl halides is 1. The van der Waals surface area contributed by atoms with Crippen LogP contribution in [-0.4, -0.2) is 55.2 Å². The highest BCUT2D eigenvalue weighted by molar-refractivity contribution is 6.18. The van der Waals surface area contributed by atoms with Gasteiger partial charge < -0.3 is 25.8 Å². The fourth-order valence-corrected chi connectivity index (χ4v) is 2.28. The van der Waals surface area contributed by atoms with Crippen LogP contribution in [0.25, 0.3) is 0 Å². The number of anilines is 1. The number of hydrogen-bond donors (Lipinski definition) is 4. The lowest BCUT2D eigenvalue weighted by atomic mass is 9.98. The summed E-state index contributed by atoms with van der Waals surface area (Å²) in [6, 6.07) is 1.35. The molecule has 0 unspecified atom stereocenters. The second-order valence-electron chi connectivity index (χ2n) is 4.34. The molecule has 1 aliphatic rings. The minimum absolute atomic E-state index is 0. The van der Waals surface area contributed by atoms with Gasteiger partial charge in [-0.05, 0) is 6.07 Å². The summed E-state index contributed by atoms with van der Waals surface area (Å²) in [6.45, 7) is -0.595. The maximum Gasteiger partial charge on any atom is 0.351 e. The van der Waals surface area contributed by atoms with Crippen molar-refractivity contribution < 1.29 is 20.1 Å². The number of aromatic nitrogens is 2. The zero-order chi connectivity index (χ0) is 14.2. The highest BCUT2D eigenvalue weighted by Gasteiger charge is 2.54. The minimum Gasteiger partial charge on any atom is -0.393 e. The second kappa shape index (κ2) is 6.06. The topological polar surface area (TPSA) is 131 Å². The Labute approximate surface area is 120 Å². The van der Waals surface area contributed by atoms with E-state index in [0.717, 1.165) is 4.57 Å². The van der Waals surface area contributed by atoms with Crippen LogP contribution in [0.4, 0.5) is 5.82 Å². The standard InChI is InChI=1S/C10H14ClN3O5.CH4/c11-3-10(4-15)7(17)6(16)8(19-10)14-2-1-5(12)13-9(14)18;/h1-2,6-8,15-17H,3-4H2,(H2,12,13,18);1H4/t6-,7+,8-,10-;/m1./s1. The third kappa shape index (κ3) is 2.52. The molecule has 1 aromatic heterocycles. The van der Waals surface area contributed by atoms with Gasteiger partial charge in [-0.25, -0.2) is 4.79 Å². The summed E-state index contributed by atoms with van der Waals surface area (Å²) in [5.74, 6) is -0.213. The van der Waals surface area contributed by atoms with E-state index in [-0.39, 0.29) is 19.1 Å². The third-order valence-corrected chi connectivity index (χ3v) is 3.58. The molecule has 0 spiro atoms. The zero-order valence-electron chi connectivity index (χ0n) is 9.81. The van der Waals surface area contributed by atoms with Gasteiger partial charge in [-0.15, -0.1) is 11.6 Å². The first-order chi connectivity index (χ1) is 8.95. The number of nitrogen functional groups attached to an aromatic ring is 1. The quantitative estimate of drug-likeness (QED) is 0.509. The van der Waals surface area contributed by atoms with Gasteiger partial charge in [0, 0.05) is 6.20 Å². The molecule has 8 nitrogen and oxygen atoms in total. The van der Waals surface area contributed by atoms with Gasteiger partial charge in [0.05, 0.1) is 12.5 Å². The molecule has 1 aliphatic heterocycles. The van der Waals surface area contributed by atoms with Crippen molar-refractivity contribution in [3.05, 3.63) is 22.7 Å². The number of aliphatic hydroxyl groups is 3.